The second-order valence-electron chi connectivity index (χ2n) is 7.18. The van der Waals surface area contributed by atoms with Crippen molar-refractivity contribution in [3.63, 3.8) is 0 Å². The maximum atomic E-state index is 12.7. The van der Waals surface area contributed by atoms with Gasteiger partial charge in [0.2, 0.25) is 5.91 Å². The Morgan fingerprint density at radius 1 is 0.742 bits per heavy atom. The molecular weight excluding hydrogens is 414 g/mol. The summed E-state index contributed by atoms with van der Waals surface area (Å²) in [6.07, 6.45) is 0. The molecule has 0 aliphatic carbocycles. The molecule has 0 bridgehead atoms. The lowest BCUT2D eigenvalue weighted by molar-refractivity contribution is -0.114. The summed E-state index contributed by atoms with van der Waals surface area (Å²) >= 11 is 0. The Bertz CT molecular complexity index is 1220. The van der Waals surface area contributed by atoms with Crippen molar-refractivity contribution >= 4 is 38.9 Å². The van der Waals surface area contributed by atoms with E-state index in [1.165, 1.54) is 31.2 Å². The number of hydrogen-bond acceptors (Lipinski definition) is 4. The predicted molar refractivity (Wildman–Crippen MR) is 122 cm³/mol. The maximum Gasteiger partial charge on any atom is 0.261 e. The third-order valence-corrected chi connectivity index (χ3v) is 5.86. The second kappa shape index (κ2) is 9.01. The highest BCUT2D eigenvalue weighted by Gasteiger charge is 2.16. The van der Waals surface area contributed by atoms with Crippen LogP contribution in [0.25, 0.3) is 0 Å². The summed E-state index contributed by atoms with van der Waals surface area (Å²) in [7, 11) is -3.78. The van der Waals surface area contributed by atoms with Crippen LogP contribution in [0, 0.1) is 13.8 Å². The third-order valence-electron chi connectivity index (χ3n) is 4.46. The van der Waals surface area contributed by atoms with Crippen molar-refractivity contribution in [1.82, 2.24) is 0 Å². The van der Waals surface area contributed by atoms with Crippen LogP contribution in [-0.2, 0) is 14.8 Å². The molecule has 3 aromatic rings. The van der Waals surface area contributed by atoms with Gasteiger partial charge in [-0.3, -0.25) is 14.3 Å². The van der Waals surface area contributed by atoms with Crippen LogP contribution in [0.4, 0.5) is 17.1 Å². The average molecular weight is 438 g/mol. The molecule has 0 aromatic heterocycles. The molecule has 3 rings (SSSR count). The molecule has 0 aliphatic heterocycles. The van der Waals surface area contributed by atoms with E-state index in [0.29, 0.717) is 17.1 Å². The number of nitrogens with one attached hydrogen (secondary N) is 3. The molecule has 7 nitrogen and oxygen atoms in total. The zero-order chi connectivity index (χ0) is 22.6. The number of carbonyl (C=O) groups excluding carboxylic acids is 2. The normalized spacial score (nSPS) is 10.9. The van der Waals surface area contributed by atoms with Gasteiger partial charge in [-0.25, -0.2) is 8.42 Å². The largest absolute Gasteiger partial charge is 0.325 e. The first-order valence-corrected chi connectivity index (χ1v) is 11.0. The van der Waals surface area contributed by atoms with E-state index in [2.05, 4.69) is 15.4 Å². The predicted octanol–water partition coefficient (Wildman–Crippen LogP) is 4.31. The van der Waals surface area contributed by atoms with Crippen molar-refractivity contribution in [2.75, 3.05) is 15.4 Å². The minimum absolute atomic E-state index is 0.0408. The second-order valence-corrected chi connectivity index (χ2v) is 8.86. The van der Waals surface area contributed by atoms with Gasteiger partial charge in [0, 0.05) is 18.2 Å². The van der Waals surface area contributed by atoms with Gasteiger partial charge < -0.3 is 10.6 Å². The summed E-state index contributed by atoms with van der Waals surface area (Å²) in [4.78, 5) is 24.1. The van der Waals surface area contributed by atoms with Crippen LogP contribution in [-0.4, -0.2) is 20.2 Å². The zero-order valence-electron chi connectivity index (χ0n) is 17.4. The molecule has 0 radical (unpaired) electrons. The summed E-state index contributed by atoms with van der Waals surface area (Å²) in [5.41, 5.74) is 3.61. The number of benzene rings is 3. The molecule has 0 heterocycles. The van der Waals surface area contributed by atoms with Gasteiger partial charge in [0.1, 0.15) is 0 Å². The Morgan fingerprint density at radius 3 is 1.97 bits per heavy atom. The summed E-state index contributed by atoms with van der Waals surface area (Å²) < 4.78 is 27.7. The van der Waals surface area contributed by atoms with Gasteiger partial charge in [-0.05, 0) is 67.9 Å². The van der Waals surface area contributed by atoms with E-state index >= 15 is 0 Å². The van der Waals surface area contributed by atoms with Crippen LogP contribution in [0.15, 0.2) is 71.6 Å². The van der Waals surface area contributed by atoms with E-state index < -0.39 is 15.9 Å². The lowest BCUT2D eigenvalue weighted by Crippen LogP contribution is -2.16. The molecule has 0 fully saturated rings. The lowest BCUT2D eigenvalue weighted by Gasteiger charge is -2.13. The van der Waals surface area contributed by atoms with Crippen molar-refractivity contribution in [3.05, 3.63) is 83.4 Å². The molecule has 31 heavy (non-hydrogen) atoms. The highest BCUT2D eigenvalue weighted by Crippen LogP contribution is 2.24. The zero-order valence-corrected chi connectivity index (χ0v) is 18.2. The average Bonchev–Trinajstić information content (AvgIpc) is 2.71. The van der Waals surface area contributed by atoms with Crippen LogP contribution in [0.3, 0.4) is 0 Å². The Labute approximate surface area is 181 Å². The fourth-order valence-electron chi connectivity index (χ4n) is 2.88. The number of rotatable bonds is 6. The molecule has 2 amide bonds. The Morgan fingerprint density at radius 2 is 1.35 bits per heavy atom. The van der Waals surface area contributed by atoms with E-state index in [9.17, 15) is 18.0 Å². The quantitative estimate of drug-likeness (QED) is 0.534. The first kappa shape index (κ1) is 22.0. The standard InChI is InChI=1S/C23H23N3O4S/c1-15-4-9-19(10-5-15)26-31(29,30)20-11-7-18(8-12-20)23(28)25-22-14-16(2)6-13-21(22)24-17(3)27/h4-14,26H,1-3H3,(H,24,27)(H,25,28). The fraction of sp³-hybridized carbons (Fsp3) is 0.130. The van der Waals surface area contributed by atoms with E-state index in [-0.39, 0.29) is 16.4 Å². The van der Waals surface area contributed by atoms with Gasteiger partial charge in [-0.15, -0.1) is 0 Å². The van der Waals surface area contributed by atoms with Crippen LogP contribution in [0.2, 0.25) is 0 Å². The van der Waals surface area contributed by atoms with Crippen molar-refractivity contribution < 1.29 is 18.0 Å². The van der Waals surface area contributed by atoms with Gasteiger partial charge in [0.25, 0.3) is 15.9 Å². The van der Waals surface area contributed by atoms with Crippen molar-refractivity contribution in [2.24, 2.45) is 0 Å². The first-order chi connectivity index (χ1) is 14.6. The number of amides is 2. The molecule has 3 aromatic carbocycles. The Balaban J connectivity index is 1.77. The number of anilines is 3. The van der Waals surface area contributed by atoms with Crippen molar-refractivity contribution in [2.45, 2.75) is 25.7 Å². The number of sulfonamides is 1. The van der Waals surface area contributed by atoms with Gasteiger partial charge in [-0.2, -0.15) is 0 Å². The fourth-order valence-corrected chi connectivity index (χ4v) is 3.93. The van der Waals surface area contributed by atoms with E-state index in [1.807, 2.05) is 32.0 Å². The maximum absolute atomic E-state index is 12.7. The summed E-state index contributed by atoms with van der Waals surface area (Å²) in [6, 6.07) is 17.9. The minimum atomic E-state index is -3.78. The molecule has 0 saturated carbocycles. The van der Waals surface area contributed by atoms with E-state index in [4.69, 9.17) is 0 Å². The topological polar surface area (TPSA) is 104 Å². The molecule has 0 spiro atoms. The molecule has 0 saturated heterocycles. The van der Waals surface area contributed by atoms with Gasteiger partial charge in [0.15, 0.2) is 0 Å². The van der Waals surface area contributed by atoms with Crippen molar-refractivity contribution in [1.29, 1.82) is 0 Å². The first-order valence-electron chi connectivity index (χ1n) is 9.53. The molecule has 0 atom stereocenters. The highest BCUT2D eigenvalue weighted by atomic mass is 32.2. The highest BCUT2D eigenvalue weighted by molar-refractivity contribution is 7.92. The van der Waals surface area contributed by atoms with Gasteiger partial charge in [-0.1, -0.05) is 23.8 Å². The van der Waals surface area contributed by atoms with Gasteiger partial charge >= 0.3 is 0 Å². The van der Waals surface area contributed by atoms with E-state index in [1.54, 1.807) is 24.3 Å². The monoisotopic (exact) mass is 437 g/mol. The summed E-state index contributed by atoms with van der Waals surface area (Å²) in [5, 5.41) is 5.43. The number of aryl methyl sites for hydroxylation is 2. The molecule has 3 N–H and O–H groups in total. The lowest BCUT2D eigenvalue weighted by atomic mass is 10.1. The van der Waals surface area contributed by atoms with Crippen molar-refractivity contribution in [3.8, 4) is 0 Å². The number of carbonyl (C=O) groups is 2. The van der Waals surface area contributed by atoms with Crippen LogP contribution >= 0.6 is 0 Å². The summed E-state index contributed by atoms with van der Waals surface area (Å²) in [5.74, 6) is -0.678. The smallest absolute Gasteiger partial charge is 0.261 e. The number of hydrogen-bond donors (Lipinski definition) is 3. The minimum Gasteiger partial charge on any atom is -0.325 e. The molecule has 0 unspecified atom stereocenters. The molecule has 0 aliphatic rings. The Hall–Kier alpha value is -3.65. The van der Waals surface area contributed by atoms with Crippen LogP contribution in [0.5, 0.6) is 0 Å². The molecule has 160 valence electrons. The molecular formula is C23H23N3O4S. The van der Waals surface area contributed by atoms with Crippen LogP contribution < -0.4 is 15.4 Å². The van der Waals surface area contributed by atoms with Crippen LogP contribution in [0.1, 0.15) is 28.4 Å². The van der Waals surface area contributed by atoms with Gasteiger partial charge in [0.05, 0.1) is 16.3 Å². The Kier molecular flexibility index (Phi) is 6.41. The SMILES string of the molecule is CC(=O)Nc1ccc(C)cc1NC(=O)c1ccc(S(=O)(=O)Nc2ccc(C)cc2)cc1. The molecule has 8 heteroatoms. The summed E-state index contributed by atoms with van der Waals surface area (Å²) in [6.45, 7) is 5.17. The third kappa shape index (κ3) is 5.70. The van der Waals surface area contributed by atoms with E-state index in [0.717, 1.165) is 11.1 Å².